The summed E-state index contributed by atoms with van der Waals surface area (Å²) in [5.74, 6) is 0. The van der Waals surface area contributed by atoms with Crippen molar-refractivity contribution in [3.63, 3.8) is 0 Å². The third kappa shape index (κ3) is 5.81. The number of aliphatic hydroxyl groups is 1. The van der Waals surface area contributed by atoms with Gasteiger partial charge in [-0.2, -0.15) is 13.2 Å². The van der Waals surface area contributed by atoms with Crippen molar-refractivity contribution in [3.05, 3.63) is 42.7 Å². The molecule has 4 rings (SSSR count). The number of benzene rings is 1. The number of nitrogens with zero attached hydrogens (tertiary/aromatic N) is 3. The highest BCUT2D eigenvalue weighted by Gasteiger charge is 2.30. The summed E-state index contributed by atoms with van der Waals surface area (Å²) in [6, 6.07) is 8.97. The van der Waals surface area contributed by atoms with E-state index in [0.717, 1.165) is 37.0 Å². The van der Waals surface area contributed by atoms with E-state index in [0.29, 0.717) is 35.6 Å². The van der Waals surface area contributed by atoms with Crippen LogP contribution in [0.25, 0.3) is 22.2 Å². The highest BCUT2D eigenvalue weighted by molar-refractivity contribution is 5.96. The van der Waals surface area contributed by atoms with Gasteiger partial charge in [-0.3, -0.25) is 4.98 Å². The Bertz CT molecular complexity index is 1110. The first-order chi connectivity index (χ1) is 16.2. The van der Waals surface area contributed by atoms with E-state index in [-0.39, 0.29) is 6.04 Å². The van der Waals surface area contributed by atoms with Gasteiger partial charge in [-0.25, -0.2) is 0 Å². The Morgan fingerprint density at radius 1 is 1.24 bits per heavy atom. The van der Waals surface area contributed by atoms with Crippen LogP contribution < -0.4 is 11.1 Å². The molecule has 0 aliphatic carbocycles. The van der Waals surface area contributed by atoms with Crippen LogP contribution in [-0.4, -0.2) is 71.2 Å². The monoisotopic (exact) mass is 477 g/mol. The molecule has 3 heterocycles. The lowest BCUT2D eigenvalue weighted by atomic mass is 10.0. The Morgan fingerprint density at radius 3 is 2.68 bits per heavy atom. The molecule has 184 valence electrons. The van der Waals surface area contributed by atoms with Crippen molar-refractivity contribution in [2.24, 2.45) is 0 Å². The lowest BCUT2D eigenvalue weighted by molar-refractivity contribution is -0.139. The summed E-state index contributed by atoms with van der Waals surface area (Å²) >= 11 is 0. The number of β-amino-alcohol motifs (C(OH)–C–C–N with tert-alkyl or cyclic N) is 1. The standard InChI is InChI=1S/C24H30F3N5O2/c1-34-14-19(33)13-31-7-5-18(6-8-31)30-21-3-2-4-22-20(21)10-23(32(22)15-24(25,26)27)16-9-17(28)12-29-11-16/h2-4,9-12,18-19,30,33H,5-8,13-15,28H2,1H3. The molecule has 1 fully saturated rings. The van der Waals surface area contributed by atoms with E-state index in [4.69, 9.17) is 10.5 Å². The molecule has 3 aromatic rings. The smallest absolute Gasteiger partial charge is 0.397 e. The lowest BCUT2D eigenvalue weighted by Crippen LogP contribution is -2.43. The summed E-state index contributed by atoms with van der Waals surface area (Å²) in [5.41, 5.74) is 8.49. The number of nitrogen functional groups attached to an aromatic ring is 1. The number of piperidine rings is 1. The minimum absolute atomic E-state index is 0.185. The van der Waals surface area contributed by atoms with E-state index < -0.39 is 18.8 Å². The van der Waals surface area contributed by atoms with Crippen molar-refractivity contribution in [2.45, 2.75) is 37.7 Å². The van der Waals surface area contributed by atoms with Crippen molar-refractivity contribution in [1.82, 2.24) is 14.5 Å². The predicted octanol–water partition coefficient (Wildman–Crippen LogP) is 3.73. The first-order valence-corrected chi connectivity index (χ1v) is 11.3. The summed E-state index contributed by atoms with van der Waals surface area (Å²) in [4.78, 5) is 6.26. The topological polar surface area (TPSA) is 88.6 Å². The van der Waals surface area contributed by atoms with E-state index in [9.17, 15) is 18.3 Å². The number of aromatic nitrogens is 2. The number of rotatable bonds is 8. The second-order valence-corrected chi connectivity index (χ2v) is 8.80. The molecule has 1 unspecified atom stereocenters. The number of pyridine rings is 1. The number of methoxy groups -OCH3 is 1. The van der Waals surface area contributed by atoms with Crippen LogP contribution >= 0.6 is 0 Å². The zero-order valence-electron chi connectivity index (χ0n) is 19.1. The number of nitrogens with two attached hydrogens (primary N) is 1. The van der Waals surface area contributed by atoms with Crippen LogP contribution in [0, 0.1) is 0 Å². The molecule has 2 aromatic heterocycles. The van der Waals surface area contributed by atoms with E-state index in [1.807, 2.05) is 6.07 Å². The molecule has 1 aromatic carbocycles. The van der Waals surface area contributed by atoms with E-state index in [1.54, 1.807) is 31.4 Å². The molecule has 0 amide bonds. The van der Waals surface area contributed by atoms with Gasteiger partial charge in [0.2, 0.25) is 0 Å². The van der Waals surface area contributed by atoms with Crippen LogP contribution in [-0.2, 0) is 11.3 Å². The average molecular weight is 478 g/mol. The van der Waals surface area contributed by atoms with Gasteiger partial charge in [-0.1, -0.05) is 6.07 Å². The van der Waals surface area contributed by atoms with Crippen molar-refractivity contribution < 1.29 is 23.0 Å². The molecule has 1 aliphatic heterocycles. The van der Waals surface area contributed by atoms with E-state index in [2.05, 4.69) is 15.2 Å². The van der Waals surface area contributed by atoms with Crippen LogP contribution in [0.4, 0.5) is 24.5 Å². The number of hydrogen-bond acceptors (Lipinski definition) is 6. The third-order valence-corrected chi connectivity index (χ3v) is 6.11. The zero-order valence-corrected chi connectivity index (χ0v) is 19.1. The molecule has 0 spiro atoms. The Hall–Kier alpha value is -2.82. The van der Waals surface area contributed by atoms with Crippen LogP contribution in [0.2, 0.25) is 0 Å². The van der Waals surface area contributed by atoms with E-state index >= 15 is 0 Å². The number of nitrogens with one attached hydrogen (secondary N) is 1. The number of alkyl halides is 3. The van der Waals surface area contributed by atoms with Gasteiger partial charge in [0.05, 0.1) is 29.6 Å². The zero-order chi connectivity index (χ0) is 24.3. The summed E-state index contributed by atoms with van der Waals surface area (Å²) in [7, 11) is 1.57. The molecule has 0 radical (unpaired) electrons. The number of halogens is 3. The molecule has 0 bridgehead atoms. The number of aliphatic hydroxyl groups excluding tert-OH is 1. The molecule has 1 atom stereocenters. The minimum atomic E-state index is -4.38. The minimum Gasteiger partial charge on any atom is -0.397 e. The van der Waals surface area contributed by atoms with Gasteiger partial charge in [0.1, 0.15) is 6.54 Å². The van der Waals surface area contributed by atoms with Gasteiger partial charge >= 0.3 is 6.18 Å². The normalized spacial score (nSPS) is 16.7. The Labute approximate surface area is 196 Å². The molecule has 34 heavy (non-hydrogen) atoms. The fourth-order valence-corrected chi connectivity index (χ4v) is 4.62. The molecular formula is C24H30F3N5O2. The maximum atomic E-state index is 13.5. The Balaban J connectivity index is 1.58. The molecule has 1 aliphatic rings. The quantitative estimate of drug-likeness (QED) is 0.458. The fraction of sp³-hybridized carbons (Fsp3) is 0.458. The highest BCUT2D eigenvalue weighted by Crippen LogP contribution is 2.35. The highest BCUT2D eigenvalue weighted by atomic mass is 19.4. The number of ether oxygens (including phenoxy) is 1. The SMILES string of the molecule is COCC(O)CN1CCC(Nc2cccc3c2cc(-c2cncc(N)c2)n3CC(F)(F)F)CC1. The molecular weight excluding hydrogens is 447 g/mol. The van der Waals surface area contributed by atoms with Crippen molar-refractivity contribution in [3.8, 4) is 11.3 Å². The fourth-order valence-electron chi connectivity index (χ4n) is 4.62. The van der Waals surface area contributed by atoms with Crippen molar-refractivity contribution >= 4 is 22.3 Å². The summed E-state index contributed by atoms with van der Waals surface area (Å²) < 4.78 is 46.7. The van der Waals surface area contributed by atoms with Gasteiger partial charge in [0, 0.05) is 61.8 Å². The van der Waals surface area contributed by atoms with Gasteiger partial charge in [0.25, 0.3) is 0 Å². The Kier molecular flexibility index (Phi) is 7.30. The van der Waals surface area contributed by atoms with Gasteiger partial charge in [-0.05, 0) is 37.1 Å². The number of anilines is 2. The van der Waals surface area contributed by atoms with Gasteiger partial charge < -0.3 is 30.4 Å². The average Bonchev–Trinajstić information content (AvgIpc) is 3.13. The maximum absolute atomic E-state index is 13.5. The summed E-state index contributed by atoms with van der Waals surface area (Å²) in [6.45, 7) is 1.41. The predicted molar refractivity (Wildman–Crippen MR) is 127 cm³/mol. The first kappa shape index (κ1) is 24.3. The third-order valence-electron chi connectivity index (χ3n) is 6.11. The first-order valence-electron chi connectivity index (χ1n) is 11.3. The lowest BCUT2D eigenvalue weighted by Gasteiger charge is -2.34. The number of hydrogen-bond donors (Lipinski definition) is 3. The second-order valence-electron chi connectivity index (χ2n) is 8.80. The summed E-state index contributed by atoms with van der Waals surface area (Å²) in [6.07, 6.45) is -0.169. The molecule has 0 saturated carbocycles. The number of fused-ring (bicyclic) bond motifs is 1. The second kappa shape index (κ2) is 10.2. The summed E-state index contributed by atoms with van der Waals surface area (Å²) in [5, 5.41) is 14.2. The number of likely N-dealkylation sites (tertiary alicyclic amines) is 1. The van der Waals surface area contributed by atoms with Gasteiger partial charge in [-0.15, -0.1) is 0 Å². The Morgan fingerprint density at radius 2 is 2.00 bits per heavy atom. The van der Waals surface area contributed by atoms with Crippen LogP contribution in [0.1, 0.15) is 12.8 Å². The largest absolute Gasteiger partial charge is 0.406 e. The molecule has 4 N–H and O–H groups in total. The van der Waals surface area contributed by atoms with Crippen LogP contribution in [0.3, 0.4) is 0 Å². The maximum Gasteiger partial charge on any atom is 0.406 e. The van der Waals surface area contributed by atoms with Gasteiger partial charge in [0.15, 0.2) is 0 Å². The van der Waals surface area contributed by atoms with Crippen LogP contribution in [0.15, 0.2) is 42.7 Å². The van der Waals surface area contributed by atoms with Crippen molar-refractivity contribution in [2.75, 3.05) is 44.4 Å². The van der Waals surface area contributed by atoms with Crippen molar-refractivity contribution in [1.29, 1.82) is 0 Å². The van der Waals surface area contributed by atoms with Crippen LogP contribution in [0.5, 0.6) is 0 Å². The molecule has 1 saturated heterocycles. The molecule has 7 nitrogen and oxygen atoms in total. The van der Waals surface area contributed by atoms with E-state index in [1.165, 1.54) is 17.0 Å². The molecule has 10 heteroatoms.